The molecule has 0 atom stereocenters. The highest BCUT2D eigenvalue weighted by atomic mass is 16.2. The zero-order valence-electron chi connectivity index (χ0n) is 19.6. The quantitative estimate of drug-likeness (QED) is 0.529. The van der Waals surface area contributed by atoms with Crippen molar-refractivity contribution >= 4 is 28.5 Å². The molecular formula is C28H31N3O3. The topological polar surface area (TPSA) is 71.4 Å². The first-order valence-electron chi connectivity index (χ1n) is 12.2. The summed E-state index contributed by atoms with van der Waals surface area (Å²) in [7, 11) is 0. The number of carbonyl (C=O) groups excluding carboxylic acids is 3. The van der Waals surface area contributed by atoms with Crippen LogP contribution in [0.2, 0.25) is 0 Å². The first kappa shape index (κ1) is 22.4. The van der Waals surface area contributed by atoms with Gasteiger partial charge in [0.25, 0.3) is 5.91 Å². The number of ketones is 1. The number of hydrogen-bond acceptors (Lipinski definition) is 3. The first-order chi connectivity index (χ1) is 16.5. The summed E-state index contributed by atoms with van der Waals surface area (Å²) in [4.78, 5) is 39.2. The van der Waals surface area contributed by atoms with Crippen LogP contribution in [0.15, 0.2) is 54.7 Å². The van der Waals surface area contributed by atoms with Gasteiger partial charge in [-0.3, -0.25) is 14.4 Å². The zero-order chi connectivity index (χ0) is 23.7. The van der Waals surface area contributed by atoms with Crippen LogP contribution in [0.1, 0.15) is 65.3 Å². The van der Waals surface area contributed by atoms with Gasteiger partial charge in [0.1, 0.15) is 0 Å². The van der Waals surface area contributed by atoms with Gasteiger partial charge >= 0.3 is 0 Å². The SMILES string of the molecule is CC(=O)c1cn(CCC(=O)NC2CCC(CN3Cc4ccccc4C3=O)CC2)c2ccccc12. The molecule has 1 N–H and O–H groups in total. The smallest absolute Gasteiger partial charge is 0.254 e. The van der Waals surface area contributed by atoms with Gasteiger partial charge in [0.15, 0.2) is 5.78 Å². The van der Waals surface area contributed by atoms with E-state index in [0.717, 1.165) is 54.3 Å². The second-order valence-electron chi connectivity index (χ2n) is 9.69. The Labute approximate surface area is 199 Å². The van der Waals surface area contributed by atoms with E-state index in [1.807, 2.05) is 64.2 Å². The van der Waals surface area contributed by atoms with Crippen LogP contribution >= 0.6 is 0 Å². The van der Waals surface area contributed by atoms with Crippen molar-refractivity contribution in [2.45, 2.75) is 58.2 Å². The number of aryl methyl sites for hydroxylation is 1. The van der Waals surface area contributed by atoms with Gasteiger partial charge in [0, 0.05) is 60.3 Å². The Morgan fingerprint density at radius 3 is 2.50 bits per heavy atom. The van der Waals surface area contributed by atoms with Crippen LogP contribution in [0.3, 0.4) is 0 Å². The molecule has 176 valence electrons. The summed E-state index contributed by atoms with van der Waals surface area (Å²) in [6, 6.07) is 15.9. The largest absolute Gasteiger partial charge is 0.353 e. The normalized spacial score (nSPS) is 19.9. The number of nitrogens with one attached hydrogen (secondary N) is 1. The number of hydrogen-bond donors (Lipinski definition) is 1. The van der Waals surface area contributed by atoms with Crippen LogP contribution in [-0.4, -0.2) is 39.7 Å². The van der Waals surface area contributed by atoms with E-state index in [-0.39, 0.29) is 23.6 Å². The van der Waals surface area contributed by atoms with E-state index in [9.17, 15) is 14.4 Å². The third-order valence-corrected chi connectivity index (χ3v) is 7.33. The molecule has 0 radical (unpaired) electrons. The third-order valence-electron chi connectivity index (χ3n) is 7.33. The summed E-state index contributed by atoms with van der Waals surface area (Å²) < 4.78 is 2.01. The minimum atomic E-state index is 0.0377. The maximum absolute atomic E-state index is 12.6. The van der Waals surface area contributed by atoms with E-state index >= 15 is 0 Å². The lowest BCUT2D eigenvalue weighted by molar-refractivity contribution is -0.122. The molecule has 2 aromatic carbocycles. The van der Waals surface area contributed by atoms with Gasteiger partial charge in [-0.2, -0.15) is 0 Å². The molecule has 6 nitrogen and oxygen atoms in total. The Bertz CT molecular complexity index is 1240. The van der Waals surface area contributed by atoms with E-state index in [2.05, 4.69) is 5.32 Å². The second-order valence-corrected chi connectivity index (χ2v) is 9.69. The Hall–Kier alpha value is -3.41. The minimum Gasteiger partial charge on any atom is -0.353 e. The number of amides is 2. The number of fused-ring (bicyclic) bond motifs is 2. The lowest BCUT2D eigenvalue weighted by Crippen LogP contribution is -2.40. The van der Waals surface area contributed by atoms with E-state index in [4.69, 9.17) is 0 Å². The van der Waals surface area contributed by atoms with Crippen LogP contribution in [0.25, 0.3) is 10.9 Å². The molecular weight excluding hydrogens is 426 g/mol. The molecule has 34 heavy (non-hydrogen) atoms. The molecule has 3 aromatic rings. The molecule has 1 aromatic heterocycles. The van der Waals surface area contributed by atoms with Crippen molar-refractivity contribution in [2.75, 3.05) is 6.54 Å². The number of benzene rings is 2. The monoisotopic (exact) mass is 457 g/mol. The first-order valence-corrected chi connectivity index (χ1v) is 12.2. The third kappa shape index (κ3) is 4.49. The fraction of sp³-hybridized carbons (Fsp3) is 0.393. The van der Waals surface area contributed by atoms with E-state index in [0.29, 0.717) is 31.0 Å². The summed E-state index contributed by atoms with van der Waals surface area (Å²) >= 11 is 0. The highest BCUT2D eigenvalue weighted by Crippen LogP contribution is 2.29. The van der Waals surface area contributed by atoms with Gasteiger partial charge in [0.05, 0.1) is 0 Å². The van der Waals surface area contributed by atoms with Crippen molar-refractivity contribution in [3.63, 3.8) is 0 Å². The molecule has 0 saturated heterocycles. The molecule has 1 saturated carbocycles. The molecule has 2 heterocycles. The van der Waals surface area contributed by atoms with Crippen molar-refractivity contribution in [3.8, 4) is 0 Å². The van der Waals surface area contributed by atoms with Gasteiger partial charge in [-0.25, -0.2) is 0 Å². The molecule has 0 unspecified atom stereocenters. The zero-order valence-corrected chi connectivity index (χ0v) is 19.6. The van der Waals surface area contributed by atoms with Crippen molar-refractivity contribution in [1.29, 1.82) is 0 Å². The van der Waals surface area contributed by atoms with E-state index in [1.165, 1.54) is 0 Å². The summed E-state index contributed by atoms with van der Waals surface area (Å²) in [6.07, 6.45) is 6.20. The molecule has 0 bridgehead atoms. The van der Waals surface area contributed by atoms with Gasteiger partial charge in [-0.15, -0.1) is 0 Å². The molecule has 1 aliphatic heterocycles. The predicted molar refractivity (Wildman–Crippen MR) is 132 cm³/mol. The molecule has 2 aliphatic rings. The Balaban J connectivity index is 1.09. The fourth-order valence-corrected chi connectivity index (χ4v) is 5.50. The average molecular weight is 458 g/mol. The standard InChI is InChI=1S/C28H31N3O3/c1-19(32)25-18-30(26-9-5-4-8-24(25)26)15-14-27(33)29-22-12-10-20(11-13-22)16-31-17-21-6-2-3-7-23(21)28(31)34/h2-9,18,20,22H,10-17H2,1H3,(H,29,33). The number of nitrogens with zero attached hydrogens (tertiary/aromatic N) is 2. The molecule has 5 rings (SSSR count). The summed E-state index contributed by atoms with van der Waals surface area (Å²) in [6.45, 7) is 3.64. The molecule has 1 aliphatic carbocycles. The molecule has 2 amide bonds. The second kappa shape index (κ2) is 9.45. The maximum Gasteiger partial charge on any atom is 0.254 e. The summed E-state index contributed by atoms with van der Waals surface area (Å²) in [5, 5.41) is 4.14. The number of aromatic nitrogens is 1. The Kier molecular flexibility index (Phi) is 6.22. The van der Waals surface area contributed by atoms with Gasteiger partial charge in [-0.05, 0) is 56.2 Å². The minimum absolute atomic E-state index is 0.0377. The Morgan fingerprint density at radius 2 is 1.74 bits per heavy atom. The van der Waals surface area contributed by atoms with Gasteiger partial charge in [-0.1, -0.05) is 36.4 Å². The maximum atomic E-state index is 12.6. The Morgan fingerprint density at radius 1 is 1.00 bits per heavy atom. The van der Waals surface area contributed by atoms with Crippen molar-refractivity contribution in [1.82, 2.24) is 14.8 Å². The number of para-hydroxylation sites is 1. The lowest BCUT2D eigenvalue weighted by atomic mass is 9.85. The number of rotatable bonds is 7. The van der Waals surface area contributed by atoms with Crippen molar-refractivity contribution in [3.05, 3.63) is 71.4 Å². The lowest BCUT2D eigenvalue weighted by Gasteiger charge is -2.31. The average Bonchev–Trinajstić information content (AvgIpc) is 3.37. The van der Waals surface area contributed by atoms with Crippen LogP contribution in [0.5, 0.6) is 0 Å². The predicted octanol–water partition coefficient (Wildman–Crippen LogP) is 4.57. The van der Waals surface area contributed by atoms with Crippen molar-refractivity contribution in [2.24, 2.45) is 5.92 Å². The van der Waals surface area contributed by atoms with Crippen LogP contribution in [0.4, 0.5) is 0 Å². The van der Waals surface area contributed by atoms with Gasteiger partial charge in [0.2, 0.25) is 5.91 Å². The highest BCUT2D eigenvalue weighted by Gasteiger charge is 2.30. The highest BCUT2D eigenvalue weighted by molar-refractivity contribution is 6.07. The summed E-state index contributed by atoms with van der Waals surface area (Å²) in [5.74, 6) is 0.727. The number of carbonyl (C=O) groups is 3. The van der Waals surface area contributed by atoms with E-state index in [1.54, 1.807) is 6.92 Å². The summed E-state index contributed by atoms with van der Waals surface area (Å²) in [5.41, 5.74) is 3.65. The fourth-order valence-electron chi connectivity index (χ4n) is 5.50. The van der Waals surface area contributed by atoms with Crippen LogP contribution in [0, 0.1) is 5.92 Å². The van der Waals surface area contributed by atoms with Gasteiger partial charge < -0.3 is 14.8 Å². The molecule has 1 fully saturated rings. The van der Waals surface area contributed by atoms with Crippen LogP contribution < -0.4 is 5.32 Å². The van der Waals surface area contributed by atoms with Crippen molar-refractivity contribution < 1.29 is 14.4 Å². The van der Waals surface area contributed by atoms with Crippen LogP contribution in [-0.2, 0) is 17.9 Å². The number of Topliss-reactive ketones (excluding diaryl/α,β-unsaturated/α-hetero) is 1. The molecule has 0 spiro atoms. The van der Waals surface area contributed by atoms with E-state index < -0.39 is 0 Å². The molecule has 6 heteroatoms.